The second kappa shape index (κ2) is 4.91. The van der Waals surface area contributed by atoms with Crippen LogP contribution >= 0.6 is 0 Å². The average Bonchev–Trinajstić information content (AvgIpc) is 2.38. The lowest BCUT2D eigenvalue weighted by atomic mass is 9.93. The van der Waals surface area contributed by atoms with Gasteiger partial charge in [-0.05, 0) is 31.9 Å². The zero-order valence-corrected chi connectivity index (χ0v) is 10.4. The summed E-state index contributed by atoms with van der Waals surface area (Å²) < 4.78 is 0. The predicted molar refractivity (Wildman–Crippen MR) is 67.8 cm³/mol. The van der Waals surface area contributed by atoms with Crippen LogP contribution in [0.4, 0.5) is 5.82 Å². The molecule has 0 saturated carbocycles. The molecule has 98 valence electrons. The Bertz CT molecular complexity index is 437. The number of nitrogen functional groups attached to an aromatic ring is 1. The number of nitrogens with one attached hydrogen (secondary N) is 1. The molecule has 0 aliphatic carbocycles. The lowest BCUT2D eigenvalue weighted by Gasteiger charge is -2.35. The van der Waals surface area contributed by atoms with Crippen molar-refractivity contribution in [2.75, 3.05) is 18.5 Å². The number of piperidine rings is 1. The molecule has 1 aromatic rings. The molecule has 6 nitrogen and oxygen atoms in total. The molecule has 18 heavy (non-hydrogen) atoms. The molecule has 0 unspecified atom stereocenters. The summed E-state index contributed by atoms with van der Waals surface area (Å²) in [4.78, 5) is 17.9. The Morgan fingerprint density at radius 1 is 1.56 bits per heavy atom. The second-order valence-electron chi connectivity index (χ2n) is 4.86. The van der Waals surface area contributed by atoms with Crippen molar-refractivity contribution in [3.05, 3.63) is 23.9 Å². The third kappa shape index (κ3) is 2.77. The van der Waals surface area contributed by atoms with Crippen LogP contribution in [0.2, 0.25) is 0 Å². The van der Waals surface area contributed by atoms with E-state index in [2.05, 4.69) is 10.4 Å². The number of nitrogens with two attached hydrogens (primary N) is 1. The Balaban J connectivity index is 2.07. The number of carbonyl (C=O) groups excluding carboxylic acids is 1. The van der Waals surface area contributed by atoms with Crippen molar-refractivity contribution < 1.29 is 9.90 Å². The second-order valence-corrected chi connectivity index (χ2v) is 4.86. The quantitative estimate of drug-likeness (QED) is 0.520. The zero-order valence-electron chi connectivity index (χ0n) is 10.4. The van der Waals surface area contributed by atoms with Gasteiger partial charge in [-0.25, -0.2) is 10.8 Å². The van der Waals surface area contributed by atoms with E-state index < -0.39 is 5.60 Å². The third-order valence-corrected chi connectivity index (χ3v) is 3.28. The molecule has 0 spiro atoms. The number of likely N-dealkylation sites (tertiary alicyclic amines) is 1. The molecule has 1 fully saturated rings. The topological polar surface area (TPSA) is 91.5 Å². The number of aromatic nitrogens is 1. The van der Waals surface area contributed by atoms with Crippen LogP contribution in [0.3, 0.4) is 0 Å². The Labute approximate surface area is 106 Å². The molecule has 0 bridgehead atoms. The summed E-state index contributed by atoms with van der Waals surface area (Å²) in [6.45, 7) is 2.94. The van der Waals surface area contributed by atoms with Crippen LogP contribution < -0.4 is 11.3 Å². The van der Waals surface area contributed by atoms with Gasteiger partial charge in [0, 0.05) is 24.8 Å². The van der Waals surface area contributed by atoms with Crippen LogP contribution in [0.5, 0.6) is 0 Å². The number of carbonyl (C=O) groups is 1. The maximum atomic E-state index is 12.2. The van der Waals surface area contributed by atoms with Crippen LogP contribution in [0.15, 0.2) is 18.3 Å². The predicted octanol–water partition coefficient (Wildman–Crippen LogP) is 0.354. The third-order valence-electron chi connectivity index (χ3n) is 3.28. The highest BCUT2D eigenvalue weighted by Crippen LogP contribution is 2.22. The summed E-state index contributed by atoms with van der Waals surface area (Å²) in [6.07, 6.45) is 2.75. The fraction of sp³-hybridized carbons (Fsp3) is 0.500. The number of hydrazine groups is 1. The van der Waals surface area contributed by atoms with Crippen LogP contribution in [0.25, 0.3) is 0 Å². The standard InChI is InChI=1S/C12H18N4O2/c1-12(18)3-6-16(7-4-12)11(17)9-2-5-14-10(8-9)15-13/h2,5,8,18H,3-4,6-7,13H2,1H3,(H,14,15). The van der Waals surface area contributed by atoms with E-state index in [0.29, 0.717) is 37.3 Å². The monoisotopic (exact) mass is 250 g/mol. The van der Waals surface area contributed by atoms with Crippen LogP contribution in [-0.2, 0) is 0 Å². The molecule has 4 N–H and O–H groups in total. The van der Waals surface area contributed by atoms with E-state index in [9.17, 15) is 9.90 Å². The highest BCUT2D eigenvalue weighted by Gasteiger charge is 2.29. The van der Waals surface area contributed by atoms with Crippen LogP contribution in [0, 0.1) is 0 Å². The largest absolute Gasteiger partial charge is 0.390 e. The van der Waals surface area contributed by atoms with Gasteiger partial charge in [0.05, 0.1) is 5.60 Å². The number of pyridine rings is 1. The number of amides is 1. The van der Waals surface area contributed by atoms with E-state index in [-0.39, 0.29) is 5.91 Å². The first-order valence-electron chi connectivity index (χ1n) is 5.96. The molecular formula is C12H18N4O2. The van der Waals surface area contributed by atoms with Gasteiger partial charge in [-0.2, -0.15) is 0 Å². The molecule has 1 amide bonds. The van der Waals surface area contributed by atoms with E-state index in [1.807, 2.05) is 0 Å². The van der Waals surface area contributed by atoms with E-state index >= 15 is 0 Å². The Kier molecular flexibility index (Phi) is 3.49. The summed E-state index contributed by atoms with van der Waals surface area (Å²) in [6, 6.07) is 3.28. The van der Waals surface area contributed by atoms with E-state index in [1.165, 1.54) is 0 Å². The van der Waals surface area contributed by atoms with Crippen molar-refractivity contribution >= 4 is 11.7 Å². The first-order valence-corrected chi connectivity index (χ1v) is 5.96. The molecule has 1 aromatic heterocycles. The highest BCUT2D eigenvalue weighted by atomic mass is 16.3. The van der Waals surface area contributed by atoms with Crippen LogP contribution in [0.1, 0.15) is 30.1 Å². The molecule has 0 radical (unpaired) electrons. The molecule has 0 aromatic carbocycles. The van der Waals surface area contributed by atoms with Gasteiger partial charge >= 0.3 is 0 Å². The minimum atomic E-state index is -0.654. The maximum absolute atomic E-state index is 12.2. The SMILES string of the molecule is CC1(O)CCN(C(=O)c2ccnc(NN)c2)CC1. The van der Waals surface area contributed by atoms with Gasteiger partial charge in [-0.3, -0.25) is 4.79 Å². The summed E-state index contributed by atoms with van der Waals surface area (Å²) in [5.41, 5.74) is 2.32. The number of hydrogen-bond donors (Lipinski definition) is 3. The summed E-state index contributed by atoms with van der Waals surface area (Å²) in [5, 5.41) is 9.85. The number of anilines is 1. The van der Waals surface area contributed by atoms with Crippen molar-refractivity contribution in [3.8, 4) is 0 Å². The summed E-state index contributed by atoms with van der Waals surface area (Å²) in [7, 11) is 0. The summed E-state index contributed by atoms with van der Waals surface area (Å²) in [5.74, 6) is 5.67. The van der Waals surface area contributed by atoms with Crippen molar-refractivity contribution in [2.24, 2.45) is 5.84 Å². The smallest absolute Gasteiger partial charge is 0.254 e. The number of rotatable bonds is 2. The molecule has 1 aliphatic rings. The van der Waals surface area contributed by atoms with Crippen molar-refractivity contribution in [3.63, 3.8) is 0 Å². The van der Waals surface area contributed by atoms with Gasteiger partial charge in [0.2, 0.25) is 0 Å². The first kappa shape index (κ1) is 12.8. The fourth-order valence-electron chi connectivity index (χ4n) is 2.02. The molecule has 2 heterocycles. The van der Waals surface area contributed by atoms with E-state index in [1.54, 1.807) is 30.2 Å². The summed E-state index contributed by atoms with van der Waals surface area (Å²) >= 11 is 0. The lowest BCUT2D eigenvalue weighted by molar-refractivity contribution is -0.00202. The first-order chi connectivity index (χ1) is 8.52. The van der Waals surface area contributed by atoms with Crippen LogP contribution in [-0.4, -0.2) is 39.6 Å². The van der Waals surface area contributed by atoms with Gasteiger partial charge in [0.25, 0.3) is 5.91 Å². The fourth-order valence-corrected chi connectivity index (χ4v) is 2.02. The molecule has 0 atom stereocenters. The normalized spacial score (nSPS) is 18.5. The van der Waals surface area contributed by atoms with Gasteiger partial charge in [0.15, 0.2) is 0 Å². The van der Waals surface area contributed by atoms with Gasteiger partial charge < -0.3 is 15.4 Å². The van der Waals surface area contributed by atoms with E-state index in [4.69, 9.17) is 5.84 Å². The Morgan fingerprint density at radius 2 is 2.22 bits per heavy atom. The number of aliphatic hydroxyl groups is 1. The average molecular weight is 250 g/mol. The molecule has 6 heteroatoms. The minimum Gasteiger partial charge on any atom is -0.390 e. The van der Waals surface area contributed by atoms with Gasteiger partial charge in [-0.1, -0.05) is 0 Å². The number of nitrogens with zero attached hydrogens (tertiary/aromatic N) is 2. The molecule has 2 rings (SSSR count). The van der Waals surface area contributed by atoms with Crippen molar-refractivity contribution in [2.45, 2.75) is 25.4 Å². The Morgan fingerprint density at radius 3 is 2.83 bits per heavy atom. The Hall–Kier alpha value is -1.66. The molecule has 1 saturated heterocycles. The van der Waals surface area contributed by atoms with Gasteiger partial charge in [0.1, 0.15) is 5.82 Å². The lowest BCUT2D eigenvalue weighted by Crippen LogP contribution is -2.45. The number of hydrogen-bond acceptors (Lipinski definition) is 5. The van der Waals surface area contributed by atoms with Crippen molar-refractivity contribution in [1.82, 2.24) is 9.88 Å². The van der Waals surface area contributed by atoms with Gasteiger partial charge in [-0.15, -0.1) is 0 Å². The zero-order chi connectivity index (χ0) is 13.2. The maximum Gasteiger partial charge on any atom is 0.254 e. The molecular weight excluding hydrogens is 232 g/mol. The molecule has 1 aliphatic heterocycles. The minimum absolute atomic E-state index is 0.0515. The van der Waals surface area contributed by atoms with E-state index in [0.717, 1.165) is 0 Å². The highest BCUT2D eigenvalue weighted by molar-refractivity contribution is 5.94. The van der Waals surface area contributed by atoms with Crippen molar-refractivity contribution in [1.29, 1.82) is 0 Å².